The van der Waals surface area contributed by atoms with E-state index in [2.05, 4.69) is 4.98 Å². The highest BCUT2D eigenvalue weighted by Gasteiger charge is 2.15. The summed E-state index contributed by atoms with van der Waals surface area (Å²) in [7, 11) is 0. The first-order valence-electron chi connectivity index (χ1n) is 4.24. The SMILES string of the molecule is CSc1[nH]c(=S)c(C#N)c(C)c1C(C)=O. The fraction of sp³-hybridized carbons (Fsp3) is 0.300. The standard InChI is InChI=1S/C10H10N2OS2/c1-5-7(4-11)9(14)12-10(15-3)8(5)6(2)13/h1-3H3,(H,12,14). The molecule has 0 amide bonds. The first-order chi connectivity index (χ1) is 7.02. The van der Waals surface area contributed by atoms with Crippen molar-refractivity contribution in [2.75, 3.05) is 6.26 Å². The normalized spacial score (nSPS) is 9.73. The number of carbonyl (C=O) groups excluding carboxylic acids is 1. The molecule has 0 spiro atoms. The van der Waals surface area contributed by atoms with Gasteiger partial charge < -0.3 is 4.98 Å². The minimum atomic E-state index is -0.0559. The second-order valence-corrected chi connectivity index (χ2v) is 4.26. The molecule has 0 unspecified atom stereocenters. The van der Waals surface area contributed by atoms with Crippen LogP contribution < -0.4 is 0 Å². The number of Topliss-reactive ketones (excluding diaryl/α,β-unsaturated/α-hetero) is 1. The number of H-pyrrole nitrogens is 1. The largest absolute Gasteiger partial charge is 0.340 e. The van der Waals surface area contributed by atoms with Gasteiger partial charge in [0.1, 0.15) is 10.7 Å². The molecule has 0 saturated heterocycles. The van der Waals surface area contributed by atoms with Crippen LogP contribution in [0.5, 0.6) is 0 Å². The topological polar surface area (TPSA) is 56.6 Å². The molecule has 0 aliphatic rings. The highest BCUT2D eigenvalue weighted by Crippen LogP contribution is 2.24. The number of carbonyl (C=O) groups is 1. The summed E-state index contributed by atoms with van der Waals surface area (Å²) in [4.78, 5) is 14.4. The molecule has 1 heterocycles. The number of aromatic nitrogens is 1. The molecule has 1 N–H and O–H groups in total. The van der Waals surface area contributed by atoms with E-state index in [1.165, 1.54) is 18.7 Å². The maximum absolute atomic E-state index is 11.4. The third kappa shape index (κ3) is 2.11. The Bertz CT molecular complexity index is 511. The molecule has 0 aliphatic heterocycles. The van der Waals surface area contributed by atoms with Crippen molar-refractivity contribution in [3.63, 3.8) is 0 Å². The highest BCUT2D eigenvalue weighted by molar-refractivity contribution is 7.98. The zero-order valence-corrected chi connectivity index (χ0v) is 10.3. The number of thioether (sulfide) groups is 1. The van der Waals surface area contributed by atoms with E-state index in [9.17, 15) is 4.79 Å². The van der Waals surface area contributed by atoms with Crippen LogP contribution in [0.2, 0.25) is 0 Å². The Morgan fingerprint density at radius 1 is 1.60 bits per heavy atom. The van der Waals surface area contributed by atoms with Gasteiger partial charge in [0.15, 0.2) is 5.78 Å². The zero-order valence-electron chi connectivity index (χ0n) is 8.67. The van der Waals surface area contributed by atoms with E-state index in [0.29, 0.717) is 21.3 Å². The smallest absolute Gasteiger partial charge is 0.162 e. The van der Waals surface area contributed by atoms with E-state index in [4.69, 9.17) is 17.5 Å². The van der Waals surface area contributed by atoms with Gasteiger partial charge in [0.2, 0.25) is 0 Å². The summed E-state index contributed by atoms with van der Waals surface area (Å²) in [6, 6.07) is 2.01. The number of nitriles is 1. The summed E-state index contributed by atoms with van der Waals surface area (Å²) in [5, 5.41) is 9.64. The van der Waals surface area contributed by atoms with Crippen molar-refractivity contribution in [3.8, 4) is 6.07 Å². The minimum Gasteiger partial charge on any atom is -0.340 e. The van der Waals surface area contributed by atoms with E-state index in [1.807, 2.05) is 12.3 Å². The molecule has 0 atom stereocenters. The summed E-state index contributed by atoms with van der Waals surface area (Å²) in [5.41, 5.74) is 1.61. The van der Waals surface area contributed by atoms with Crippen LogP contribution in [0, 0.1) is 22.9 Å². The Kier molecular flexibility index (Phi) is 3.66. The first kappa shape index (κ1) is 12.0. The van der Waals surface area contributed by atoms with E-state index < -0.39 is 0 Å². The third-order valence-corrected chi connectivity index (χ3v) is 3.12. The number of aromatic amines is 1. The molecule has 0 bridgehead atoms. The van der Waals surface area contributed by atoms with Gasteiger partial charge in [-0.2, -0.15) is 5.26 Å². The van der Waals surface area contributed by atoms with Crippen LogP contribution in [-0.2, 0) is 0 Å². The molecule has 15 heavy (non-hydrogen) atoms. The van der Waals surface area contributed by atoms with Gasteiger partial charge in [-0.25, -0.2) is 0 Å². The van der Waals surface area contributed by atoms with Gasteiger partial charge >= 0.3 is 0 Å². The number of nitrogens with zero attached hydrogens (tertiary/aromatic N) is 1. The predicted molar refractivity (Wildman–Crippen MR) is 62.9 cm³/mol. The molecule has 78 valence electrons. The minimum absolute atomic E-state index is 0.0559. The summed E-state index contributed by atoms with van der Waals surface area (Å²) in [6.45, 7) is 3.23. The summed E-state index contributed by atoms with van der Waals surface area (Å²) in [6.07, 6.45) is 1.86. The maximum atomic E-state index is 11.4. The first-order valence-corrected chi connectivity index (χ1v) is 5.88. The van der Waals surface area contributed by atoms with Crippen molar-refractivity contribution in [1.29, 1.82) is 5.26 Å². The highest BCUT2D eigenvalue weighted by atomic mass is 32.2. The second kappa shape index (κ2) is 4.60. The molecular weight excluding hydrogens is 228 g/mol. The number of hydrogen-bond donors (Lipinski definition) is 1. The van der Waals surface area contributed by atoms with Crippen molar-refractivity contribution in [3.05, 3.63) is 21.3 Å². The van der Waals surface area contributed by atoms with Crippen LogP contribution in [0.4, 0.5) is 0 Å². The number of hydrogen-bond acceptors (Lipinski definition) is 4. The molecule has 0 radical (unpaired) electrons. The van der Waals surface area contributed by atoms with Crippen molar-refractivity contribution < 1.29 is 4.79 Å². The lowest BCUT2D eigenvalue weighted by Gasteiger charge is -2.09. The van der Waals surface area contributed by atoms with Crippen LogP contribution in [-0.4, -0.2) is 17.0 Å². The molecule has 0 saturated carbocycles. The van der Waals surface area contributed by atoms with Crippen molar-refractivity contribution in [2.45, 2.75) is 18.9 Å². The Morgan fingerprint density at radius 2 is 2.20 bits per heavy atom. The van der Waals surface area contributed by atoms with Crippen molar-refractivity contribution >= 4 is 29.8 Å². The third-order valence-electron chi connectivity index (χ3n) is 2.10. The fourth-order valence-electron chi connectivity index (χ4n) is 1.41. The van der Waals surface area contributed by atoms with Crippen LogP contribution >= 0.6 is 24.0 Å². The quantitative estimate of drug-likeness (QED) is 0.489. The Hall–Kier alpha value is -1.12. The summed E-state index contributed by atoms with van der Waals surface area (Å²) < 4.78 is 0.393. The van der Waals surface area contributed by atoms with Gasteiger partial charge in [-0.1, -0.05) is 12.2 Å². The lowest BCUT2D eigenvalue weighted by Crippen LogP contribution is -2.04. The molecule has 0 fully saturated rings. The molecular formula is C10H10N2OS2. The van der Waals surface area contributed by atoms with Gasteiger partial charge in [0, 0.05) is 0 Å². The molecule has 0 aromatic carbocycles. The zero-order chi connectivity index (χ0) is 11.6. The Morgan fingerprint density at radius 3 is 2.60 bits per heavy atom. The number of ketones is 1. The van der Waals surface area contributed by atoms with E-state index in [-0.39, 0.29) is 5.78 Å². The van der Waals surface area contributed by atoms with E-state index in [1.54, 1.807) is 6.92 Å². The summed E-state index contributed by atoms with van der Waals surface area (Å²) >= 11 is 6.45. The average molecular weight is 238 g/mol. The predicted octanol–water partition coefficient (Wildman–Crippen LogP) is 2.85. The van der Waals surface area contributed by atoms with Gasteiger partial charge in [-0.3, -0.25) is 4.79 Å². The Balaban J connectivity index is 3.71. The van der Waals surface area contributed by atoms with E-state index >= 15 is 0 Å². The van der Waals surface area contributed by atoms with Gasteiger partial charge in [-0.15, -0.1) is 11.8 Å². The molecule has 5 heteroatoms. The van der Waals surface area contributed by atoms with Gasteiger partial charge in [-0.05, 0) is 25.7 Å². The number of nitrogens with one attached hydrogen (secondary N) is 1. The lowest BCUT2D eigenvalue weighted by atomic mass is 10.0. The van der Waals surface area contributed by atoms with Crippen LogP contribution in [0.15, 0.2) is 5.03 Å². The Labute approximate surface area is 97.5 Å². The molecule has 3 nitrogen and oxygen atoms in total. The monoisotopic (exact) mass is 238 g/mol. The van der Waals surface area contributed by atoms with E-state index in [0.717, 1.165) is 5.03 Å². The summed E-state index contributed by atoms with van der Waals surface area (Å²) in [5.74, 6) is -0.0559. The maximum Gasteiger partial charge on any atom is 0.162 e. The van der Waals surface area contributed by atoms with Crippen molar-refractivity contribution in [1.82, 2.24) is 4.98 Å². The van der Waals surface area contributed by atoms with Crippen LogP contribution in [0.1, 0.15) is 28.4 Å². The van der Waals surface area contributed by atoms with Crippen LogP contribution in [0.3, 0.4) is 0 Å². The molecule has 0 aliphatic carbocycles. The average Bonchev–Trinajstić information content (AvgIpc) is 2.16. The fourth-order valence-corrected chi connectivity index (χ4v) is 2.48. The lowest BCUT2D eigenvalue weighted by molar-refractivity contribution is 0.101. The number of pyridine rings is 1. The molecule has 1 aromatic rings. The number of rotatable bonds is 2. The van der Waals surface area contributed by atoms with Gasteiger partial charge in [0.25, 0.3) is 0 Å². The van der Waals surface area contributed by atoms with Crippen molar-refractivity contribution in [2.24, 2.45) is 0 Å². The van der Waals surface area contributed by atoms with Crippen LogP contribution in [0.25, 0.3) is 0 Å². The molecule has 1 aromatic heterocycles. The molecule has 1 rings (SSSR count). The van der Waals surface area contributed by atoms with Gasteiger partial charge in [0.05, 0.1) is 16.2 Å². The second-order valence-electron chi connectivity index (χ2n) is 3.03.